The molecule has 0 bridgehead atoms. The highest BCUT2D eigenvalue weighted by molar-refractivity contribution is 9.09. The van der Waals surface area contributed by atoms with E-state index in [-0.39, 0.29) is 6.54 Å². The van der Waals surface area contributed by atoms with Gasteiger partial charge in [-0.05, 0) is 18.9 Å². The van der Waals surface area contributed by atoms with Crippen LogP contribution < -0.4 is 0 Å². The summed E-state index contributed by atoms with van der Waals surface area (Å²) in [7, 11) is 0. The van der Waals surface area contributed by atoms with Crippen molar-refractivity contribution >= 4 is 15.9 Å². The molecule has 5 heteroatoms. The minimum atomic E-state index is -4.02. The minimum Gasteiger partial charge on any atom is -0.303 e. The number of alkyl halides is 4. The maximum atomic E-state index is 11.9. The van der Waals surface area contributed by atoms with Crippen molar-refractivity contribution in [3.63, 3.8) is 0 Å². The lowest BCUT2D eigenvalue weighted by Gasteiger charge is -2.34. The lowest BCUT2D eigenvalue weighted by molar-refractivity contribution is -0.138. The summed E-state index contributed by atoms with van der Waals surface area (Å²) in [5, 5.41) is 0. The van der Waals surface area contributed by atoms with Crippen LogP contribution in [0, 0.1) is 5.92 Å². The second-order valence-corrected chi connectivity index (χ2v) is 5.12. The van der Waals surface area contributed by atoms with Gasteiger partial charge in [0.05, 0.1) is 6.42 Å². The normalized spacial score (nSPS) is 30.6. The van der Waals surface area contributed by atoms with Gasteiger partial charge in [-0.1, -0.05) is 22.9 Å². The predicted octanol–water partition coefficient (Wildman–Crippen LogP) is 3.04. The first-order valence-corrected chi connectivity index (χ1v) is 5.73. The van der Waals surface area contributed by atoms with E-state index in [9.17, 15) is 13.2 Å². The summed E-state index contributed by atoms with van der Waals surface area (Å²) in [5.41, 5.74) is 0. The molecule has 2 unspecified atom stereocenters. The van der Waals surface area contributed by atoms with Crippen molar-refractivity contribution in [2.45, 2.75) is 30.8 Å². The van der Waals surface area contributed by atoms with Crippen LogP contribution >= 0.6 is 15.9 Å². The van der Waals surface area contributed by atoms with Crippen LogP contribution in [0.15, 0.2) is 0 Å². The molecule has 0 saturated carbocycles. The first-order chi connectivity index (χ1) is 6.38. The molecule has 1 nitrogen and oxygen atoms in total. The Labute approximate surface area is 90.8 Å². The molecule has 0 amide bonds. The van der Waals surface area contributed by atoms with Gasteiger partial charge in [-0.15, -0.1) is 0 Å². The van der Waals surface area contributed by atoms with E-state index in [2.05, 4.69) is 22.9 Å². The molecule has 0 aromatic rings. The molecule has 1 heterocycles. The topological polar surface area (TPSA) is 3.24 Å². The Bertz CT molecular complexity index is 183. The number of nitrogens with zero attached hydrogens (tertiary/aromatic N) is 1. The summed E-state index contributed by atoms with van der Waals surface area (Å²) in [5.74, 6) is 0.442. The summed E-state index contributed by atoms with van der Waals surface area (Å²) in [6.45, 7) is 3.76. The highest BCUT2D eigenvalue weighted by atomic mass is 79.9. The van der Waals surface area contributed by atoms with Crippen molar-refractivity contribution in [3.8, 4) is 0 Å². The van der Waals surface area contributed by atoms with Crippen molar-refractivity contribution in [3.05, 3.63) is 0 Å². The fourth-order valence-electron chi connectivity index (χ4n) is 1.69. The average Bonchev–Trinajstić information content (AvgIpc) is 2.06. The molecule has 2 atom stereocenters. The van der Waals surface area contributed by atoms with Gasteiger partial charge in [-0.25, -0.2) is 0 Å². The van der Waals surface area contributed by atoms with Gasteiger partial charge in [0.15, 0.2) is 0 Å². The monoisotopic (exact) mass is 273 g/mol. The molecular formula is C9H15BrF3N. The Morgan fingerprint density at radius 2 is 2.07 bits per heavy atom. The zero-order chi connectivity index (χ0) is 10.8. The van der Waals surface area contributed by atoms with Crippen molar-refractivity contribution in [1.29, 1.82) is 0 Å². The summed E-state index contributed by atoms with van der Waals surface area (Å²) in [6, 6.07) is 0. The Morgan fingerprint density at radius 1 is 1.43 bits per heavy atom. The molecule has 1 fully saturated rings. The van der Waals surface area contributed by atoms with Crippen LogP contribution in [-0.4, -0.2) is 35.5 Å². The molecule has 0 radical (unpaired) electrons. The Kier molecular flexibility index (Phi) is 4.25. The van der Waals surface area contributed by atoms with E-state index in [1.165, 1.54) is 0 Å². The summed E-state index contributed by atoms with van der Waals surface area (Å²) < 4.78 is 35.8. The quantitative estimate of drug-likeness (QED) is 0.699. The SMILES string of the molecule is CC1CN(CCC(F)(F)F)CCC1Br. The van der Waals surface area contributed by atoms with E-state index in [1.807, 2.05) is 4.90 Å². The minimum absolute atomic E-state index is 0.146. The molecular weight excluding hydrogens is 259 g/mol. The van der Waals surface area contributed by atoms with Gasteiger partial charge in [0.2, 0.25) is 0 Å². The second-order valence-electron chi connectivity index (χ2n) is 3.95. The second kappa shape index (κ2) is 4.84. The molecule has 84 valence electrons. The standard InChI is InChI=1S/C9H15BrF3N/c1-7-6-14(4-2-8(7)10)5-3-9(11,12)13/h7-8H,2-6H2,1H3. The summed E-state index contributed by atoms with van der Waals surface area (Å²) >= 11 is 3.52. The number of hydrogen-bond acceptors (Lipinski definition) is 1. The van der Waals surface area contributed by atoms with Gasteiger partial charge in [-0.3, -0.25) is 0 Å². The van der Waals surface area contributed by atoms with Crippen LogP contribution in [0.3, 0.4) is 0 Å². The van der Waals surface area contributed by atoms with Gasteiger partial charge in [0.1, 0.15) is 0 Å². The third kappa shape index (κ3) is 4.17. The lowest BCUT2D eigenvalue weighted by Crippen LogP contribution is -2.41. The smallest absolute Gasteiger partial charge is 0.303 e. The summed E-state index contributed by atoms with van der Waals surface area (Å²) in [6.07, 6.45) is -3.76. The van der Waals surface area contributed by atoms with E-state index in [0.717, 1.165) is 19.5 Å². The predicted molar refractivity (Wildman–Crippen MR) is 53.6 cm³/mol. The number of rotatable bonds is 2. The number of likely N-dealkylation sites (tertiary alicyclic amines) is 1. The fraction of sp³-hybridized carbons (Fsp3) is 1.00. The highest BCUT2D eigenvalue weighted by Crippen LogP contribution is 2.25. The number of halogens is 4. The molecule has 0 N–H and O–H groups in total. The zero-order valence-corrected chi connectivity index (χ0v) is 9.74. The number of piperidine rings is 1. The van der Waals surface area contributed by atoms with Crippen molar-refractivity contribution in [2.24, 2.45) is 5.92 Å². The molecule has 0 aromatic carbocycles. The molecule has 1 rings (SSSR count). The van der Waals surface area contributed by atoms with Crippen molar-refractivity contribution < 1.29 is 13.2 Å². The summed E-state index contributed by atoms with van der Waals surface area (Å²) in [4.78, 5) is 2.36. The maximum absolute atomic E-state index is 11.9. The highest BCUT2D eigenvalue weighted by Gasteiger charge is 2.30. The largest absolute Gasteiger partial charge is 0.390 e. The van der Waals surface area contributed by atoms with Gasteiger partial charge in [-0.2, -0.15) is 13.2 Å². The first kappa shape index (κ1) is 12.3. The van der Waals surface area contributed by atoms with Gasteiger partial charge >= 0.3 is 6.18 Å². The molecule has 0 aliphatic carbocycles. The van der Waals surface area contributed by atoms with Gasteiger partial charge in [0, 0.05) is 17.9 Å². The average molecular weight is 274 g/mol. The van der Waals surface area contributed by atoms with Gasteiger partial charge < -0.3 is 4.90 Å². The molecule has 1 aliphatic heterocycles. The van der Waals surface area contributed by atoms with Gasteiger partial charge in [0.25, 0.3) is 0 Å². The molecule has 14 heavy (non-hydrogen) atoms. The van der Waals surface area contributed by atoms with E-state index in [0.29, 0.717) is 10.7 Å². The maximum Gasteiger partial charge on any atom is 0.390 e. The van der Waals surface area contributed by atoms with E-state index in [1.54, 1.807) is 0 Å². The van der Waals surface area contributed by atoms with Crippen LogP contribution in [0.5, 0.6) is 0 Å². The van der Waals surface area contributed by atoms with E-state index in [4.69, 9.17) is 0 Å². The molecule has 0 aromatic heterocycles. The van der Waals surface area contributed by atoms with Crippen LogP contribution in [0.4, 0.5) is 13.2 Å². The Hall–Kier alpha value is 0.230. The van der Waals surface area contributed by atoms with Crippen LogP contribution in [-0.2, 0) is 0 Å². The third-order valence-corrected chi connectivity index (χ3v) is 3.96. The van der Waals surface area contributed by atoms with Crippen molar-refractivity contribution in [2.75, 3.05) is 19.6 Å². The van der Waals surface area contributed by atoms with Crippen LogP contribution in [0.1, 0.15) is 19.8 Å². The van der Waals surface area contributed by atoms with Crippen LogP contribution in [0.25, 0.3) is 0 Å². The first-order valence-electron chi connectivity index (χ1n) is 4.81. The third-order valence-electron chi connectivity index (χ3n) is 2.60. The Balaban J connectivity index is 2.27. The molecule has 0 spiro atoms. The zero-order valence-electron chi connectivity index (χ0n) is 8.15. The molecule has 1 saturated heterocycles. The number of hydrogen-bond donors (Lipinski definition) is 0. The fourth-order valence-corrected chi connectivity index (χ4v) is 2.06. The molecule has 1 aliphatic rings. The Morgan fingerprint density at radius 3 is 2.57 bits per heavy atom. The lowest BCUT2D eigenvalue weighted by atomic mass is 10.00. The van der Waals surface area contributed by atoms with E-state index < -0.39 is 12.6 Å². The van der Waals surface area contributed by atoms with Crippen LogP contribution in [0.2, 0.25) is 0 Å². The van der Waals surface area contributed by atoms with E-state index >= 15 is 0 Å². The van der Waals surface area contributed by atoms with Crippen molar-refractivity contribution in [1.82, 2.24) is 4.90 Å².